The zero-order valence-electron chi connectivity index (χ0n) is 23.6. The van der Waals surface area contributed by atoms with E-state index in [9.17, 15) is 9.59 Å². The van der Waals surface area contributed by atoms with Crippen LogP contribution in [-0.4, -0.2) is 41.5 Å². The van der Waals surface area contributed by atoms with Gasteiger partial charge in [0.25, 0.3) is 11.8 Å². The Bertz CT molecular complexity index is 1850. The number of aromatic nitrogens is 2. The average Bonchev–Trinajstić information content (AvgIpc) is 3.25. The third-order valence-corrected chi connectivity index (χ3v) is 9.00. The number of benzene rings is 2. The molecule has 0 aliphatic carbocycles. The first-order valence-corrected chi connectivity index (χ1v) is 15.1. The van der Waals surface area contributed by atoms with E-state index in [1.165, 1.54) is 11.3 Å². The number of amides is 2. The van der Waals surface area contributed by atoms with Crippen molar-refractivity contribution in [2.45, 2.75) is 19.9 Å². The number of nitrogens with one attached hydrogen (secondary N) is 1. The van der Waals surface area contributed by atoms with E-state index in [1.54, 1.807) is 12.3 Å². The van der Waals surface area contributed by atoms with Gasteiger partial charge in [0.2, 0.25) is 0 Å². The van der Waals surface area contributed by atoms with Gasteiger partial charge in [-0.05, 0) is 60.9 Å². The molecule has 3 aromatic heterocycles. The minimum atomic E-state index is -0.187. The second-order valence-corrected chi connectivity index (χ2v) is 11.6. The van der Waals surface area contributed by atoms with E-state index in [-0.39, 0.29) is 11.8 Å². The molecule has 2 aromatic carbocycles. The maximum atomic E-state index is 14.1. The summed E-state index contributed by atoms with van der Waals surface area (Å²) in [5.41, 5.74) is 5.17. The van der Waals surface area contributed by atoms with Crippen molar-refractivity contribution in [2.24, 2.45) is 0 Å². The van der Waals surface area contributed by atoms with Gasteiger partial charge in [-0.1, -0.05) is 48.5 Å². The molecule has 2 amide bonds. The van der Waals surface area contributed by atoms with Gasteiger partial charge in [0, 0.05) is 35.3 Å². The van der Waals surface area contributed by atoms with Crippen LogP contribution in [0.15, 0.2) is 91.1 Å². The van der Waals surface area contributed by atoms with Crippen LogP contribution in [0.5, 0.6) is 5.75 Å². The lowest BCUT2D eigenvalue weighted by Gasteiger charge is -2.24. The Balaban J connectivity index is 1.16. The molecule has 2 aliphatic rings. The maximum Gasteiger partial charge on any atom is 0.276 e. The standard InChI is InChI=1S/C34H29N5O3S/c1-22-8-7-16-35-32(22)37-33(40)29-20-23-15-17-39(27-12-4-3-10-25(27)31(23)43-29)34(41)26-11-6-14-30(36-26)38-18-19-42-28-13-5-2-9-24(28)21-38/h2-14,16,20H,15,17-19,21H2,1H3,(H,35,37,40). The number of hydrogen-bond acceptors (Lipinski definition) is 7. The largest absolute Gasteiger partial charge is 0.491 e. The van der Waals surface area contributed by atoms with Gasteiger partial charge in [-0.2, -0.15) is 0 Å². The van der Waals surface area contributed by atoms with Crippen molar-refractivity contribution in [3.8, 4) is 16.2 Å². The van der Waals surface area contributed by atoms with E-state index in [2.05, 4.69) is 21.3 Å². The highest BCUT2D eigenvalue weighted by Crippen LogP contribution is 2.42. The van der Waals surface area contributed by atoms with E-state index in [4.69, 9.17) is 9.72 Å². The number of aryl methyl sites for hydroxylation is 1. The van der Waals surface area contributed by atoms with Gasteiger partial charge in [0.1, 0.15) is 29.7 Å². The van der Waals surface area contributed by atoms with Crippen LogP contribution >= 0.6 is 11.3 Å². The minimum absolute atomic E-state index is 0.153. The highest BCUT2D eigenvalue weighted by Gasteiger charge is 2.29. The van der Waals surface area contributed by atoms with Crippen molar-refractivity contribution in [1.82, 2.24) is 9.97 Å². The third-order valence-electron chi connectivity index (χ3n) is 7.79. The summed E-state index contributed by atoms with van der Waals surface area (Å²) in [7, 11) is 0. The number of carbonyl (C=O) groups excluding carboxylic acids is 2. The highest BCUT2D eigenvalue weighted by atomic mass is 32.1. The van der Waals surface area contributed by atoms with E-state index < -0.39 is 0 Å². The molecule has 0 bridgehead atoms. The Morgan fingerprint density at radius 2 is 1.79 bits per heavy atom. The summed E-state index contributed by atoms with van der Waals surface area (Å²) in [5, 5.41) is 2.94. The Morgan fingerprint density at radius 3 is 2.70 bits per heavy atom. The molecule has 0 unspecified atom stereocenters. The van der Waals surface area contributed by atoms with Crippen LogP contribution in [0.2, 0.25) is 0 Å². The number of thiophene rings is 1. The number of pyridine rings is 2. The molecule has 0 saturated carbocycles. The van der Waals surface area contributed by atoms with E-state index in [0.29, 0.717) is 49.1 Å². The van der Waals surface area contributed by atoms with Crippen LogP contribution in [-0.2, 0) is 13.0 Å². The van der Waals surface area contributed by atoms with Crippen LogP contribution in [0.3, 0.4) is 0 Å². The molecule has 5 heterocycles. The Morgan fingerprint density at radius 1 is 0.930 bits per heavy atom. The lowest BCUT2D eigenvalue weighted by atomic mass is 10.1. The van der Waals surface area contributed by atoms with Gasteiger partial charge in [-0.15, -0.1) is 11.3 Å². The van der Waals surface area contributed by atoms with Crippen molar-refractivity contribution < 1.29 is 14.3 Å². The fraction of sp³-hybridized carbons (Fsp3) is 0.176. The van der Waals surface area contributed by atoms with Crippen LogP contribution < -0.4 is 19.9 Å². The molecule has 5 aromatic rings. The fourth-order valence-corrected chi connectivity index (χ4v) is 6.72. The SMILES string of the molecule is Cc1cccnc1NC(=O)c1cc2c(s1)-c1ccccc1N(C(=O)c1cccc(N3CCOc4ccccc4C3)n1)CC2. The predicted octanol–water partition coefficient (Wildman–Crippen LogP) is 6.37. The van der Waals surface area contributed by atoms with Gasteiger partial charge < -0.3 is 19.9 Å². The van der Waals surface area contributed by atoms with Gasteiger partial charge in [-0.3, -0.25) is 9.59 Å². The number of rotatable bonds is 4. The van der Waals surface area contributed by atoms with E-state index >= 15 is 0 Å². The van der Waals surface area contributed by atoms with Gasteiger partial charge in [0.15, 0.2) is 0 Å². The Hall–Kier alpha value is -5.02. The summed E-state index contributed by atoms with van der Waals surface area (Å²) >= 11 is 1.44. The lowest BCUT2D eigenvalue weighted by molar-refractivity contribution is 0.0981. The number of ether oxygens (including phenoxy) is 1. The molecule has 0 fully saturated rings. The van der Waals surface area contributed by atoms with Crippen LogP contribution in [0.25, 0.3) is 10.4 Å². The zero-order chi connectivity index (χ0) is 29.3. The Labute approximate surface area is 253 Å². The summed E-state index contributed by atoms with van der Waals surface area (Å²) in [6, 6.07) is 27.2. The van der Waals surface area contributed by atoms with E-state index in [1.807, 2.05) is 84.6 Å². The number of hydrogen-bond donors (Lipinski definition) is 1. The maximum absolute atomic E-state index is 14.1. The Kier molecular flexibility index (Phi) is 7.08. The molecular weight excluding hydrogens is 558 g/mol. The third kappa shape index (κ3) is 5.23. The van der Waals surface area contributed by atoms with Crippen molar-refractivity contribution in [3.05, 3.63) is 118 Å². The average molecular weight is 588 g/mol. The highest BCUT2D eigenvalue weighted by molar-refractivity contribution is 7.17. The quantitative estimate of drug-likeness (QED) is 0.263. The summed E-state index contributed by atoms with van der Waals surface area (Å²) in [5.74, 6) is 1.85. The summed E-state index contributed by atoms with van der Waals surface area (Å²) in [6.45, 7) is 4.25. The minimum Gasteiger partial charge on any atom is -0.491 e. The molecule has 214 valence electrons. The van der Waals surface area contributed by atoms with E-state index in [0.717, 1.165) is 44.4 Å². The molecular formula is C34H29N5O3S. The van der Waals surface area contributed by atoms with Crippen LogP contribution in [0, 0.1) is 6.92 Å². The molecule has 7 rings (SSSR count). The number of nitrogens with zero attached hydrogens (tertiary/aromatic N) is 4. The van der Waals surface area contributed by atoms with Crippen molar-refractivity contribution in [1.29, 1.82) is 0 Å². The second kappa shape index (κ2) is 11.3. The molecule has 1 N–H and O–H groups in total. The number of fused-ring (bicyclic) bond motifs is 4. The molecule has 9 heteroatoms. The van der Waals surface area contributed by atoms with Gasteiger partial charge in [-0.25, -0.2) is 9.97 Å². The number of anilines is 3. The second-order valence-electron chi connectivity index (χ2n) is 10.6. The van der Waals surface area contributed by atoms with Crippen LogP contribution in [0.1, 0.15) is 36.9 Å². The van der Waals surface area contributed by atoms with Crippen molar-refractivity contribution in [3.63, 3.8) is 0 Å². The molecule has 2 aliphatic heterocycles. The molecule has 43 heavy (non-hydrogen) atoms. The van der Waals surface area contributed by atoms with Crippen molar-refractivity contribution in [2.75, 3.05) is 34.8 Å². The first kappa shape index (κ1) is 26.9. The normalized spacial score (nSPS) is 14.0. The monoisotopic (exact) mass is 587 g/mol. The number of para-hydroxylation sites is 2. The molecule has 0 saturated heterocycles. The molecule has 0 spiro atoms. The summed E-state index contributed by atoms with van der Waals surface area (Å²) in [6.07, 6.45) is 2.28. The smallest absolute Gasteiger partial charge is 0.276 e. The molecule has 0 radical (unpaired) electrons. The van der Waals surface area contributed by atoms with Gasteiger partial charge >= 0.3 is 0 Å². The summed E-state index contributed by atoms with van der Waals surface area (Å²) in [4.78, 5) is 41.9. The van der Waals surface area contributed by atoms with Gasteiger partial charge in [0.05, 0.1) is 17.1 Å². The van der Waals surface area contributed by atoms with Crippen molar-refractivity contribution >= 4 is 40.5 Å². The fourth-order valence-electron chi connectivity index (χ4n) is 5.58. The van der Waals surface area contributed by atoms with Crippen LogP contribution in [0.4, 0.5) is 17.3 Å². The first-order chi connectivity index (χ1) is 21.0. The lowest BCUT2D eigenvalue weighted by Crippen LogP contribution is -2.34. The molecule has 8 nitrogen and oxygen atoms in total. The zero-order valence-corrected chi connectivity index (χ0v) is 24.4. The molecule has 0 atom stereocenters. The summed E-state index contributed by atoms with van der Waals surface area (Å²) < 4.78 is 5.94. The number of carbonyl (C=O) groups is 2. The predicted molar refractivity (Wildman–Crippen MR) is 169 cm³/mol. The topological polar surface area (TPSA) is 87.7 Å². The first-order valence-electron chi connectivity index (χ1n) is 14.2.